The molecular formula is C10H21N3O3S. The van der Waals surface area contributed by atoms with Crippen LogP contribution in [-0.2, 0) is 14.8 Å². The zero-order valence-corrected chi connectivity index (χ0v) is 11.2. The molecule has 0 aromatic carbocycles. The maximum absolute atomic E-state index is 12.3. The van der Waals surface area contributed by atoms with Gasteiger partial charge in [0.2, 0.25) is 15.9 Å². The summed E-state index contributed by atoms with van der Waals surface area (Å²) in [6.07, 6.45) is 0.944. The normalized spacial score (nSPS) is 24.4. The Kier molecular flexibility index (Phi) is 4.91. The molecule has 2 unspecified atom stereocenters. The predicted molar refractivity (Wildman–Crippen MR) is 65.8 cm³/mol. The van der Waals surface area contributed by atoms with Crippen LogP contribution < -0.4 is 11.1 Å². The van der Waals surface area contributed by atoms with Crippen LogP contribution in [0.5, 0.6) is 0 Å². The van der Waals surface area contributed by atoms with Gasteiger partial charge in [0.1, 0.15) is 6.04 Å². The fourth-order valence-corrected chi connectivity index (χ4v) is 4.07. The van der Waals surface area contributed by atoms with Crippen molar-refractivity contribution in [3.05, 3.63) is 0 Å². The molecule has 0 aromatic heterocycles. The van der Waals surface area contributed by atoms with Crippen molar-refractivity contribution in [2.24, 2.45) is 5.73 Å². The van der Waals surface area contributed by atoms with Gasteiger partial charge in [-0.15, -0.1) is 0 Å². The minimum Gasteiger partial charge on any atom is -0.353 e. The summed E-state index contributed by atoms with van der Waals surface area (Å²) in [5.74, 6) is -0.214. The molecule has 0 aromatic rings. The first kappa shape index (κ1) is 14.4. The van der Waals surface area contributed by atoms with Crippen LogP contribution in [0.15, 0.2) is 0 Å². The van der Waals surface area contributed by atoms with Crippen molar-refractivity contribution < 1.29 is 13.2 Å². The number of nitrogens with one attached hydrogen (secondary N) is 1. The lowest BCUT2D eigenvalue weighted by Crippen LogP contribution is -2.59. The van der Waals surface area contributed by atoms with Gasteiger partial charge in [0.15, 0.2) is 0 Å². The number of rotatable bonds is 5. The molecule has 1 rings (SSSR count). The molecule has 3 N–H and O–H groups in total. The number of hydrogen-bond donors (Lipinski definition) is 2. The van der Waals surface area contributed by atoms with Crippen LogP contribution in [-0.4, -0.2) is 49.6 Å². The Morgan fingerprint density at radius 2 is 2.18 bits per heavy atom. The lowest BCUT2D eigenvalue weighted by Gasteiger charge is -2.35. The largest absolute Gasteiger partial charge is 0.353 e. The maximum Gasteiger partial charge on any atom is 0.238 e. The third-order valence-corrected chi connectivity index (χ3v) is 5.59. The second kappa shape index (κ2) is 5.79. The number of hydrogen-bond acceptors (Lipinski definition) is 4. The van der Waals surface area contributed by atoms with E-state index in [0.29, 0.717) is 25.9 Å². The van der Waals surface area contributed by atoms with Crippen molar-refractivity contribution in [3.8, 4) is 0 Å². The molecule has 0 bridgehead atoms. The summed E-state index contributed by atoms with van der Waals surface area (Å²) in [5, 5.41) is 2.09. The number of carbonyl (C=O) groups excluding carboxylic acids is 1. The first-order valence-electron chi connectivity index (χ1n) is 5.97. The standard InChI is InChI=1S/C10H21N3O3S/c1-3-8(7-11)17(15,16)13-6-5-12-10(14)9(13)4-2/h8-9H,3-7,11H2,1-2H3,(H,12,14). The van der Waals surface area contributed by atoms with Crippen molar-refractivity contribution in [3.63, 3.8) is 0 Å². The van der Waals surface area contributed by atoms with Gasteiger partial charge in [-0.05, 0) is 12.8 Å². The summed E-state index contributed by atoms with van der Waals surface area (Å²) in [7, 11) is -3.47. The van der Waals surface area contributed by atoms with Crippen LogP contribution in [0.1, 0.15) is 26.7 Å². The molecule has 0 spiro atoms. The molecule has 2 atom stereocenters. The van der Waals surface area contributed by atoms with E-state index in [-0.39, 0.29) is 12.5 Å². The molecule has 6 nitrogen and oxygen atoms in total. The van der Waals surface area contributed by atoms with Gasteiger partial charge in [-0.3, -0.25) is 4.79 Å². The highest BCUT2D eigenvalue weighted by molar-refractivity contribution is 7.89. The second-order valence-corrected chi connectivity index (χ2v) is 6.30. The SMILES string of the molecule is CCC1C(=O)NCCN1S(=O)(=O)C(CC)CN. The van der Waals surface area contributed by atoms with E-state index in [0.717, 1.165) is 0 Å². The van der Waals surface area contributed by atoms with Gasteiger partial charge in [0, 0.05) is 19.6 Å². The smallest absolute Gasteiger partial charge is 0.238 e. The summed E-state index contributed by atoms with van der Waals surface area (Å²) in [5.41, 5.74) is 5.49. The Labute approximate surface area is 103 Å². The van der Waals surface area contributed by atoms with E-state index < -0.39 is 21.3 Å². The Morgan fingerprint density at radius 1 is 1.53 bits per heavy atom. The Morgan fingerprint density at radius 3 is 2.65 bits per heavy atom. The van der Waals surface area contributed by atoms with E-state index in [2.05, 4.69) is 5.32 Å². The van der Waals surface area contributed by atoms with E-state index in [9.17, 15) is 13.2 Å². The van der Waals surface area contributed by atoms with Crippen molar-refractivity contribution in [2.75, 3.05) is 19.6 Å². The first-order valence-corrected chi connectivity index (χ1v) is 7.47. The third kappa shape index (κ3) is 2.78. The van der Waals surface area contributed by atoms with Crippen LogP contribution in [0.4, 0.5) is 0 Å². The van der Waals surface area contributed by atoms with Crippen LogP contribution >= 0.6 is 0 Å². The van der Waals surface area contributed by atoms with Crippen LogP contribution in [0.25, 0.3) is 0 Å². The van der Waals surface area contributed by atoms with Gasteiger partial charge >= 0.3 is 0 Å². The maximum atomic E-state index is 12.3. The Balaban J connectivity index is 2.99. The summed E-state index contributed by atoms with van der Waals surface area (Å²) < 4.78 is 26.0. The molecule has 1 fully saturated rings. The fourth-order valence-electron chi connectivity index (χ4n) is 2.08. The average Bonchev–Trinajstić information content (AvgIpc) is 2.29. The Bertz CT molecular complexity index is 365. The van der Waals surface area contributed by atoms with Gasteiger partial charge in [0.05, 0.1) is 5.25 Å². The summed E-state index contributed by atoms with van der Waals surface area (Å²) in [6, 6.07) is -0.589. The van der Waals surface area contributed by atoms with Crippen molar-refractivity contribution in [1.29, 1.82) is 0 Å². The molecule has 1 aliphatic heterocycles. The average molecular weight is 263 g/mol. The van der Waals surface area contributed by atoms with Gasteiger partial charge in [0.25, 0.3) is 0 Å². The van der Waals surface area contributed by atoms with Gasteiger partial charge < -0.3 is 11.1 Å². The van der Waals surface area contributed by atoms with Gasteiger partial charge in [-0.25, -0.2) is 8.42 Å². The number of piperazine rings is 1. The highest BCUT2D eigenvalue weighted by Crippen LogP contribution is 2.18. The van der Waals surface area contributed by atoms with Crippen LogP contribution in [0, 0.1) is 0 Å². The van der Waals surface area contributed by atoms with Crippen LogP contribution in [0.3, 0.4) is 0 Å². The summed E-state index contributed by atoms with van der Waals surface area (Å²) in [6.45, 7) is 4.40. The van der Waals surface area contributed by atoms with E-state index in [1.807, 2.05) is 6.92 Å². The molecular weight excluding hydrogens is 242 g/mol. The summed E-state index contributed by atoms with van der Waals surface area (Å²) >= 11 is 0. The molecule has 1 aliphatic rings. The zero-order chi connectivity index (χ0) is 13.1. The van der Waals surface area contributed by atoms with Crippen molar-refractivity contribution in [2.45, 2.75) is 38.0 Å². The van der Waals surface area contributed by atoms with E-state index in [1.165, 1.54) is 4.31 Å². The third-order valence-electron chi connectivity index (χ3n) is 3.13. The minimum atomic E-state index is -3.47. The minimum absolute atomic E-state index is 0.0907. The molecule has 100 valence electrons. The number of nitrogens with zero attached hydrogens (tertiary/aromatic N) is 1. The van der Waals surface area contributed by atoms with Crippen LogP contribution in [0.2, 0.25) is 0 Å². The highest BCUT2D eigenvalue weighted by atomic mass is 32.2. The molecule has 1 amide bonds. The molecule has 1 saturated heterocycles. The molecule has 0 aliphatic carbocycles. The van der Waals surface area contributed by atoms with Crippen molar-refractivity contribution >= 4 is 15.9 Å². The number of nitrogens with two attached hydrogens (primary N) is 1. The number of carbonyl (C=O) groups is 1. The summed E-state index contributed by atoms with van der Waals surface area (Å²) in [4.78, 5) is 11.6. The lowest BCUT2D eigenvalue weighted by atomic mass is 10.2. The monoisotopic (exact) mass is 263 g/mol. The number of amides is 1. The quantitative estimate of drug-likeness (QED) is 0.683. The van der Waals surface area contributed by atoms with E-state index >= 15 is 0 Å². The Hall–Kier alpha value is -0.660. The topological polar surface area (TPSA) is 92.5 Å². The predicted octanol–water partition coefficient (Wildman–Crippen LogP) is -0.736. The van der Waals surface area contributed by atoms with E-state index in [4.69, 9.17) is 5.73 Å². The van der Waals surface area contributed by atoms with E-state index in [1.54, 1.807) is 6.92 Å². The second-order valence-electron chi connectivity index (χ2n) is 4.14. The molecule has 0 radical (unpaired) electrons. The lowest BCUT2D eigenvalue weighted by molar-refractivity contribution is -0.126. The first-order chi connectivity index (χ1) is 7.98. The molecule has 1 heterocycles. The highest BCUT2D eigenvalue weighted by Gasteiger charge is 2.39. The zero-order valence-electron chi connectivity index (χ0n) is 10.3. The number of sulfonamides is 1. The fraction of sp³-hybridized carbons (Fsp3) is 0.900. The molecule has 0 saturated carbocycles. The molecule has 7 heteroatoms. The van der Waals surface area contributed by atoms with Gasteiger partial charge in [-0.1, -0.05) is 13.8 Å². The molecule has 17 heavy (non-hydrogen) atoms. The van der Waals surface area contributed by atoms with Crippen molar-refractivity contribution in [1.82, 2.24) is 9.62 Å². The van der Waals surface area contributed by atoms with Gasteiger partial charge in [-0.2, -0.15) is 4.31 Å².